The summed E-state index contributed by atoms with van der Waals surface area (Å²) in [6.07, 6.45) is -2.11. The van der Waals surface area contributed by atoms with Crippen molar-refractivity contribution >= 4 is 43.0 Å². The number of nitrogens with one attached hydrogen (secondary N) is 3. The van der Waals surface area contributed by atoms with E-state index in [0.29, 0.717) is 17.4 Å². The molecule has 0 saturated heterocycles. The van der Waals surface area contributed by atoms with Gasteiger partial charge >= 0.3 is 6.18 Å². The molecule has 182 valence electrons. The predicted octanol–water partition coefficient (Wildman–Crippen LogP) is 3.63. The number of alkyl halides is 3. The van der Waals surface area contributed by atoms with Gasteiger partial charge in [0.1, 0.15) is 11.4 Å². The molecule has 0 atom stereocenters. The molecule has 14 heteroatoms. The van der Waals surface area contributed by atoms with Gasteiger partial charge < -0.3 is 10.6 Å². The number of rotatable bonds is 8. The van der Waals surface area contributed by atoms with Gasteiger partial charge in [0.15, 0.2) is 9.84 Å². The summed E-state index contributed by atoms with van der Waals surface area (Å²) in [7, 11) is -7.01. The molecular formula is C20H20F3N5O4S2. The molecule has 0 bridgehead atoms. The minimum absolute atomic E-state index is 0.0375. The summed E-state index contributed by atoms with van der Waals surface area (Å²) in [6, 6.07) is 11.8. The van der Waals surface area contributed by atoms with E-state index in [9.17, 15) is 30.0 Å². The van der Waals surface area contributed by atoms with Crippen LogP contribution in [-0.4, -0.2) is 39.3 Å². The summed E-state index contributed by atoms with van der Waals surface area (Å²) in [5.74, 6) is -0.683. The molecule has 1 heterocycles. The van der Waals surface area contributed by atoms with Gasteiger partial charge in [-0.25, -0.2) is 21.8 Å². The van der Waals surface area contributed by atoms with E-state index in [1.807, 2.05) is 0 Å². The lowest BCUT2D eigenvalue weighted by Crippen LogP contribution is -2.14. The molecule has 1 aromatic heterocycles. The van der Waals surface area contributed by atoms with Gasteiger partial charge in [0.2, 0.25) is 16.0 Å². The Morgan fingerprint density at radius 1 is 0.941 bits per heavy atom. The van der Waals surface area contributed by atoms with Crippen LogP contribution in [0.3, 0.4) is 0 Å². The Kier molecular flexibility index (Phi) is 7.02. The zero-order chi connectivity index (χ0) is 25.1. The largest absolute Gasteiger partial charge is 0.421 e. The first-order valence-corrected chi connectivity index (χ1v) is 13.3. The fourth-order valence-corrected chi connectivity index (χ4v) is 4.11. The zero-order valence-corrected chi connectivity index (χ0v) is 19.5. The number of hydrogen-bond acceptors (Lipinski definition) is 8. The van der Waals surface area contributed by atoms with Crippen LogP contribution in [0.4, 0.5) is 36.3 Å². The van der Waals surface area contributed by atoms with E-state index >= 15 is 0 Å². The van der Waals surface area contributed by atoms with Crippen molar-refractivity contribution in [3.63, 3.8) is 0 Å². The topological polar surface area (TPSA) is 130 Å². The number of sulfonamides is 1. The lowest BCUT2D eigenvalue weighted by Gasteiger charge is -2.15. The van der Waals surface area contributed by atoms with Crippen LogP contribution in [-0.2, 0) is 32.6 Å². The second-order valence-electron chi connectivity index (χ2n) is 7.31. The number of halogens is 3. The Morgan fingerprint density at radius 3 is 2.26 bits per heavy atom. The van der Waals surface area contributed by atoms with Gasteiger partial charge in [-0.05, 0) is 35.9 Å². The van der Waals surface area contributed by atoms with Crippen molar-refractivity contribution in [2.75, 3.05) is 27.9 Å². The van der Waals surface area contributed by atoms with Crippen molar-refractivity contribution in [1.82, 2.24) is 9.97 Å². The molecular weight excluding hydrogens is 495 g/mol. The van der Waals surface area contributed by atoms with Gasteiger partial charge in [-0.1, -0.05) is 18.2 Å². The first-order valence-electron chi connectivity index (χ1n) is 9.53. The monoisotopic (exact) mass is 515 g/mol. The van der Waals surface area contributed by atoms with E-state index < -0.39 is 37.4 Å². The summed E-state index contributed by atoms with van der Waals surface area (Å²) < 4.78 is 89.0. The van der Waals surface area contributed by atoms with Crippen LogP contribution in [0.5, 0.6) is 0 Å². The SMILES string of the molecule is CS(=O)(=O)Nc1cccc(Nc2ncc(C(F)(F)F)c(NCc3cccc(S(C)(=O)=O)c3)n2)c1. The minimum Gasteiger partial charge on any atom is -0.365 e. The zero-order valence-electron chi connectivity index (χ0n) is 17.9. The highest BCUT2D eigenvalue weighted by atomic mass is 32.2. The van der Waals surface area contributed by atoms with Gasteiger partial charge in [0.25, 0.3) is 0 Å². The Bertz CT molecular complexity index is 1410. The van der Waals surface area contributed by atoms with Crippen molar-refractivity contribution in [3.05, 3.63) is 65.9 Å². The van der Waals surface area contributed by atoms with Crippen molar-refractivity contribution in [1.29, 1.82) is 0 Å². The Balaban J connectivity index is 1.87. The van der Waals surface area contributed by atoms with Crippen molar-refractivity contribution in [3.8, 4) is 0 Å². The van der Waals surface area contributed by atoms with Crippen molar-refractivity contribution < 1.29 is 30.0 Å². The second-order valence-corrected chi connectivity index (χ2v) is 11.1. The molecule has 0 unspecified atom stereocenters. The van der Waals surface area contributed by atoms with Crippen LogP contribution in [0.15, 0.2) is 59.6 Å². The van der Waals surface area contributed by atoms with Gasteiger partial charge in [-0.2, -0.15) is 18.2 Å². The maximum atomic E-state index is 13.5. The Hall–Kier alpha value is -3.39. The molecule has 0 spiro atoms. The molecule has 0 aliphatic carbocycles. The summed E-state index contributed by atoms with van der Waals surface area (Å²) >= 11 is 0. The third-order valence-corrected chi connectivity index (χ3v) is 6.02. The van der Waals surface area contributed by atoms with Crippen LogP contribution in [0.25, 0.3) is 0 Å². The molecule has 3 N–H and O–H groups in total. The van der Waals surface area contributed by atoms with Crippen LogP contribution < -0.4 is 15.4 Å². The van der Waals surface area contributed by atoms with Crippen LogP contribution in [0.2, 0.25) is 0 Å². The third kappa shape index (κ3) is 7.05. The Morgan fingerprint density at radius 2 is 1.62 bits per heavy atom. The second kappa shape index (κ2) is 9.46. The van der Waals surface area contributed by atoms with Gasteiger partial charge in [-0.15, -0.1) is 0 Å². The van der Waals surface area contributed by atoms with E-state index in [2.05, 4.69) is 25.3 Å². The molecule has 34 heavy (non-hydrogen) atoms. The minimum atomic E-state index is -4.74. The number of nitrogens with zero attached hydrogens (tertiary/aromatic N) is 2. The van der Waals surface area contributed by atoms with E-state index in [-0.39, 0.29) is 23.1 Å². The first-order chi connectivity index (χ1) is 15.7. The molecule has 3 aromatic rings. The lowest BCUT2D eigenvalue weighted by molar-refractivity contribution is -0.137. The van der Waals surface area contributed by atoms with Gasteiger partial charge in [-0.3, -0.25) is 4.72 Å². The van der Waals surface area contributed by atoms with Crippen LogP contribution in [0.1, 0.15) is 11.1 Å². The summed E-state index contributed by atoms with van der Waals surface area (Å²) in [6.45, 7) is -0.128. The molecule has 2 aromatic carbocycles. The highest BCUT2D eigenvalue weighted by molar-refractivity contribution is 7.92. The summed E-state index contributed by atoms with van der Waals surface area (Å²) in [5, 5.41) is 5.32. The van der Waals surface area contributed by atoms with E-state index in [1.54, 1.807) is 12.1 Å². The van der Waals surface area contributed by atoms with Gasteiger partial charge in [0.05, 0.1) is 16.8 Å². The molecule has 9 nitrogen and oxygen atoms in total. The van der Waals surface area contributed by atoms with E-state index in [1.165, 1.54) is 36.4 Å². The number of aromatic nitrogens is 2. The average molecular weight is 516 g/mol. The highest BCUT2D eigenvalue weighted by Crippen LogP contribution is 2.34. The average Bonchev–Trinajstić information content (AvgIpc) is 2.70. The maximum absolute atomic E-state index is 13.5. The molecule has 0 aliphatic rings. The molecule has 0 saturated carbocycles. The third-order valence-electron chi connectivity index (χ3n) is 4.30. The van der Waals surface area contributed by atoms with Crippen LogP contribution >= 0.6 is 0 Å². The van der Waals surface area contributed by atoms with Crippen LogP contribution in [0, 0.1) is 0 Å². The van der Waals surface area contributed by atoms with E-state index in [4.69, 9.17) is 0 Å². The van der Waals surface area contributed by atoms with Crippen molar-refractivity contribution in [2.45, 2.75) is 17.6 Å². The first kappa shape index (κ1) is 25.2. The fourth-order valence-electron chi connectivity index (χ4n) is 2.86. The number of benzene rings is 2. The fraction of sp³-hybridized carbons (Fsp3) is 0.200. The summed E-state index contributed by atoms with van der Waals surface area (Å²) in [5.41, 5.74) is -0.0998. The number of sulfone groups is 1. The normalized spacial score (nSPS) is 12.3. The molecule has 0 fully saturated rings. The molecule has 0 amide bonds. The Labute approximate surface area is 194 Å². The lowest BCUT2D eigenvalue weighted by atomic mass is 10.2. The number of anilines is 4. The van der Waals surface area contributed by atoms with Crippen molar-refractivity contribution in [2.24, 2.45) is 0 Å². The molecule has 3 rings (SSSR count). The van der Waals surface area contributed by atoms with E-state index in [0.717, 1.165) is 12.5 Å². The quantitative estimate of drug-likeness (QED) is 0.415. The predicted molar refractivity (Wildman–Crippen MR) is 122 cm³/mol. The smallest absolute Gasteiger partial charge is 0.365 e. The standard InChI is InChI=1S/C20H20F3N5O4S2/c1-33(29,30)16-8-3-5-13(9-16)11-24-18-17(20(21,22)23)12-25-19(27-18)26-14-6-4-7-15(10-14)28-34(2,31)32/h3-10,12,28H,11H2,1-2H3,(H2,24,25,26,27). The molecule has 0 radical (unpaired) electrons. The highest BCUT2D eigenvalue weighted by Gasteiger charge is 2.35. The number of hydrogen-bond donors (Lipinski definition) is 3. The molecule has 0 aliphatic heterocycles. The maximum Gasteiger partial charge on any atom is 0.421 e. The van der Waals surface area contributed by atoms with Gasteiger partial charge in [0, 0.05) is 24.7 Å². The summed E-state index contributed by atoms with van der Waals surface area (Å²) in [4.78, 5) is 7.66.